The Kier molecular flexibility index (Phi) is 7.90. The van der Waals surface area contributed by atoms with Crippen molar-refractivity contribution in [2.24, 2.45) is 0 Å². The van der Waals surface area contributed by atoms with E-state index in [0.29, 0.717) is 11.7 Å². The van der Waals surface area contributed by atoms with E-state index in [2.05, 4.69) is 29.4 Å². The average molecular weight is 382 g/mol. The Morgan fingerprint density at radius 2 is 1.81 bits per heavy atom. The van der Waals surface area contributed by atoms with E-state index in [0.717, 1.165) is 25.9 Å². The van der Waals surface area contributed by atoms with Crippen LogP contribution in [0.15, 0.2) is 24.3 Å². The lowest BCUT2D eigenvalue weighted by Crippen LogP contribution is -2.48. The predicted octanol–water partition coefficient (Wildman–Crippen LogP) is 2.87. The van der Waals surface area contributed by atoms with Gasteiger partial charge in [0.2, 0.25) is 11.8 Å². The molecule has 1 saturated heterocycles. The van der Waals surface area contributed by atoms with Crippen molar-refractivity contribution in [3.8, 4) is 0 Å². The van der Waals surface area contributed by atoms with Gasteiger partial charge in [-0.3, -0.25) is 9.59 Å². The van der Waals surface area contributed by atoms with E-state index in [-0.39, 0.29) is 34.7 Å². The van der Waals surface area contributed by atoms with Crippen molar-refractivity contribution in [2.75, 3.05) is 24.2 Å². The van der Waals surface area contributed by atoms with E-state index in [9.17, 15) is 14.0 Å². The van der Waals surface area contributed by atoms with E-state index >= 15 is 0 Å². The van der Waals surface area contributed by atoms with Crippen molar-refractivity contribution >= 4 is 29.3 Å². The molecule has 5 nitrogen and oxygen atoms in total. The lowest BCUT2D eigenvalue weighted by Gasteiger charge is -2.35. The Balaban J connectivity index is 1.68. The fourth-order valence-electron chi connectivity index (χ4n) is 2.89. The van der Waals surface area contributed by atoms with Gasteiger partial charge < -0.3 is 15.5 Å². The number of thioether (sulfide) groups is 1. The first kappa shape index (κ1) is 20.7. The number of carbonyl (C=O) groups excluding carboxylic acids is 2. The number of carbonyl (C=O) groups is 2. The molecule has 0 unspecified atom stereocenters. The third-order valence-corrected chi connectivity index (χ3v) is 5.71. The number of piperidine rings is 1. The van der Waals surface area contributed by atoms with Crippen molar-refractivity contribution in [1.82, 2.24) is 10.2 Å². The number of hydrogen-bond donors (Lipinski definition) is 2. The summed E-state index contributed by atoms with van der Waals surface area (Å²) in [4.78, 5) is 26.7. The maximum atomic E-state index is 12.9. The predicted molar refractivity (Wildman–Crippen MR) is 105 cm³/mol. The molecule has 1 aromatic carbocycles. The van der Waals surface area contributed by atoms with Crippen LogP contribution in [0.25, 0.3) is 0 Å². The minimum Gasteiger partial charge on any atom is -0.352 e. The van der Waals surface area contributed by atoms with Crippen LogP contribution < -0.4 is 10.6 Å². The average Bonchev–Trinajstić information content (AvgIpc) is 2.62. The smallest absolute Gasteiger partial charge is 0.234 e. The molecule has 0 bridgehead atoms. The first-order valence-corrected chi connectivity index (χ1v) is 10.1. The molecule has 2 N–H and O–H groups in total. The zero-order chi connectivity index (χ0) is 19.1. The van der Waals surface area contributed by atoms with Crippen molar-refractivity contribution in [3.05, 3.63) is 30.1 Å². The Hall–Kier alpha value is -1.60. The first-order valence-electron chi connectivity index (χ1n) is 9.06. The molecule has 0 aliphatic carbocycles. The van der Waals surface area contributed by atoms with Gasteiger partial charge in [0.15, 0.2) is 0 Å². The highest BCUT2D eigenvalue weighted by Gasteiger charge is 2.24. The molecule has 0 radical (unpaired) electrons. The minimum atomic E-state index is -0.345. The molecule has 26 heavy (non-hydrogen) atoms. The normalized spacial score (nSPS) is 17.1. The molecule has 7 heteroatoms. The van der Waals surface area contributed by atoms with Gasteiger partial charge in [-0.15, -0.1) is 11.8 Å². The van der Waals surface area contributed by atoms with E-state index in [1.54, 1.807) is 0 Å². The second-order valence-corrected chi connectivity index (χ2v) is 8.25. The largest absolute Gasteiger partial charge is 0.352 e. The molecule has 2 amide bonds. The number of benzene rings is 1. The Labute approximate surface area is 159 Å². The number of nitrogens with one attached hydrogen (secondary N) is 2. The Bertz CT molecular complexity index is 601. The number of hydrogen-bond acceptors (Lipinski definition) is 4. The number of halogens is 1. The number of amides is 2. The maximum absolute atomic E-state index is 12.9. The van der Waals surface area contributed by atoms with Crippen LogP contribution >= 0.6 is 11.8 Å². The van der Waals surface area contributed by atoms with Gasteiger partial charge in [0.05, 0.1) is 11.0 Å². The van der Waals surface area contributed by atoms with Crippen molar-refractivity contribution < 1.29 is 14.0 Å². The molecule has 1 aromatic rings. The van der Waals surface area contributed by atoms with Crippen LogP contribution in [0.3, 0.4) is 0 Å². The third kappa shape index (κ3) is 6.61. The van der Waals surface area contributed by atoms with Crippen molar-refractivity contribution in [3.63, 3.8) is 0 Å². The molecule has 0 spiro atoms. The van der Waals surface area contributed by atoms with E-state index in [4.69, 9.17) is 0 Å². The molecule has 1 fully saturated rings. The molecular formula is C19H28FN3O2S. The summed E-state index contributed by atoms with van der Waals surface area (Å²) in [5.41, 5.74) is 0.547. The second kappa shape index (κ2) is 9.92. The molecule has 1 heterocycles. The molecule has 1 aliphatic rings. The summed E-state index contributed by atoms with van der Waals surface area (Å²) in [6.07, 6.45) is 1.93. The van der Waals surface area contributed by atoms with Crippen LogP contribution in [-0.2, 0) is 9.59 Å². The third-order valence-electron chi connectivity index (χ3n) is 4.57. The summed E-state index contributed by atoms with van der Waals surface area (Å²) in [5.74, 6) is -0.390. The van der Waals surface area contributed by atoms with Crippen LogP contribution in [0.4, 0.5) is 10.1 Å². The molecule has 1 aliphatic heterocycles. The minimum absolute atomic E-state index is 0.0208. The van der Waals surface area contributed by atoms with Gasteiger partial charge in [0, 0.05) is 30.9 Å². The SMILES string of the molecule is CC(C)N1CCC(NC(=O)[C@H](C)SCC(=O)Nc2ccc(F)cc2)CC1. The van der Waals surface area contributed by atoms with Crippen LogP contribution in [0.5, 0.6) is 0 Å². The monoisotopic (exact) mass is 381 g/mol. The number of nitrogens with zero attached hydrogens (tertiary/aromatic N) is 1. The molecule has 144 valence electrons. The molecule has 0 aromatic heterocycles. The Morgan fingerprint density at radius 3 is 2.38 bits per heavy atom. The number of anilines is 1. The highest BCUT2D eigenvalue weighted by molar-refractivity contribution is 8.01. The summed E-state index contributed by atoms with van der Waals surface area (Å²) < 4.78 is 12.9. The maximum Gasteiger partial charge on any atom is 0.234 e. The first-order chi connectivity index (χ1) is 12.3. The quantitative estimate of drug-likeness (QED) is 0.762. The number of likely N-dealkylation sites (tertiary alicyclic amines) is 1. The fraction of sp³-hybridized carbons (Fsp3) is 0.579. The van der Waals surface area contributed by atoms with E-state index in [1.807, 2.05) is 6.92 Å². The summed E-state index contributed by atoms with van der Waals surface area (Å²) in [7, 11) is 0. The second-order valence-electron chi connectivity index (χ2n) is 6.92. The van der Waals surface area contributed by atoms with Gasteiger partial charge in [0.1, 0.15) is 5.82 Å². The van der Waals surface area contributed by atoms with E-state index in [1.165, 1.54) is 36.0 Å². The van der Waals surface area contributed by atoms with Crippen molar-refractivity contribution in [2.45, 2.75) is 50.9 Å². The lowest BCUT2D eigenvalue weighted by atomic mass is 10.0. The van der Waals surface area contributed by atoms with Gasteiger partial charge in [-0.1, -0.05) is 0 Å². The van der Waals surface area contributed by atoms with Gasteiger partial charge in [-0.05, 0) is 57.9 Å². The van der Waals surface area contributed by atoms with Crippen molar-refractivity contribution in [1.29, 1.82) is 0 Å². The summed E-state index contributed by atoms with van der Waals surface area (Å²) in [6, 6.07) is 6.37. The lowest BCUT2D eigenvalue weighted by molar-refractivity contribution is -0.121. The van der Waals surface area contributed by atoms with Crippen LogP contribution in [0, 0.1) is 5.82 Å². The van der Waals surface area contributed by atoms with Gasteiger partial charge in [-0.25, -0.2) is 4.39 Å². The summed E-state index contributed by atoms with van der Waals surface area (Å²) in [6.45, 7) is 8.20. The molecule has 0 saturated carbocycles. The number of rotatable bonds is 7. The zero-order valence-electron chi connectivity index (χ0n) is 15.6. The van der Waals surface area contributed by atoms with E-state index < -0.39 is 0 Å². The van der Waals surface area contributed by atoms with Crippen LogP contribution in [0.1, 0.15) is 33.6 Å². The summed E-state index contributed by atoms with van der Waals surface area (Å²) >= 11 is 1.30. The molecular weight excluding hydrogens is 353 g/mol. The molecule has 1 atom stereocenters. The topological polar surface area (TPSA) is 61.4 Å². The summed E-state index contributed by atoms with van der Waals surface area (Å²) in [5, 5.41) is 5.50. The highest BCUT2D eigenvalue weighted by atomic mass is 32.2. The zero-order valence-corrected chi connectivity index (χ0v) is 16.4. The van der Waals surface area contributed by atoms with Crippen LogP contribution in [-0.4, -0.2) is 52.9 Å². The fourth-order valence-corrected chi connectivity index (χ4v) is 3.58. The van der Waals surface area contributed by atoms with Crippen LogP contribution in [0.2, 0.25) is 0 Å². The van der Waals surface area contributed by atoms with Gasteiger partial charge >= 0.3 is 0 Å². The van der Waals surface area contributed by atoms with Gasteiger partial charge in [-0.2, -0.15) is 0 Å². The highest BCUT2D eigenvalue weighted by Crippen LogP contribution is 2.16. The standard InChI is InChI=1S/C19H28FN3O2S/c1-13(2)23-10-8-17(9-11-23)22-19(25)14(3)26-12-18(24)21-16-6-4-15(20)5-7-16/h4-7,13-14,17H,8-12H2,1-3H3,(H,21,24)(H,22,25)/t14-/m0/s1. The molecule has 2 rings (SSSR count). The Morgan fingerprint density at radius 1 is 1.19 bits per heavy atom. The van der Waals surface area contributed by atoms with Gasteiger partial charge in [0.25, 0.3) is 0 Å².